The second-order valence-corrected chi connectivity index (χ2v) is 9.36. The van der Waals surface area contributed by atoms with Gasteiger partial charge in [0, 0.05) is 13.2 Å². The number of rotatable bonds is 5. The summed E-state index contributed by atoms with van der Waals surface area (Å²) in [6, 6.07) is 6.54. The molecule has 1 aromatic carbocycles. The Bertz CT molecular complexity index is 863. The lowest BCUT2D eigenvalue weighted by Crippen LogP contribution is -2.33. The number of carboxylic acid groups (broad SMARTS) is 1. The zero-order valence-corrected chi connectivity index (χ0v) is 17.2. The molecule has 8 nitrogen and oxygen atoms in total. The van der Waals surface area contributed by atoms with Crippen LogP contribution in [0.15, 0.2) is 23.1 Å². The number of nitrogens with zero attached hydrogens (tertiary/aromatic N) is 1. The van der Waals surface area contributed by atoms with Crippen molar-refractivity contribution < 1.29 is 27.8 Å². The second-order valence-electron chi connectivity index (χ2n) is 6.76. The maximum Gasteiger partial charge on any atom is 0.405 e. The largest absolute Gasteiger partial charge is 0.497 e. The average molecular weight is 431 g/mol. The Hall–Kier alpha value is -2.02. The summed E-state index contributed by atoms with van der Waals surface area (Å²) < 4.78 is 35.3. The van der Waals surface area contributed by atoms with Crippen molar-refractivity contribution in [3.05, 3.63) is 23.2 Å². The van der Waals surface area contributed by atoms with Crippen molar-refractivity contribution >= 4 is 27.5 Å². The number of nitriles is 1. The molecule has 2 fully saturated rings. The van der Waals surface area contributed by atoms with Crippen LogP contribution in [0, 0.1) is 11.3 Å². The van der Waals surface area contributed by atoms with Gasteiger partial charge in [0.25, 0.3) is 0 Å². The Morgan fingerprint density at radius 3 is 2.43 bits per heavy atom. The van der Waals surface area contributed by atoms with E-state index >= 15 is 0 Å². The summed E-state index contributed by atoms with van der Waals surface area (Å²) in [5.41, 5.74) is -0.730. The van der Waals surface area contributed by atoms with Crippen molar-refractivity contribution in [1.82, 2.24) is 5.32 Å². The van der Waals surface area contributed by atoms with Crippen LogP contribution in [-0.4, -0.2) is 50.7 Å². The minimum absolute atomic E-state index is 0.0248. The standard InChI is InChI=1S/C13H17ClO4S.C5H6N2O2/c1-17-9-3-5-11(7-9)19(15,16)13-6-4-10(18-2)8-12(13)14;6-3-5(1-2-5)7-4(8)9/h4,6,8-9,11H,3,5,7H2,1-2H3;7H,1-2H2,(H,8,9)/t9-,11-;/m1./s1. The highest BCUT2D eigenvalue weighted by Gasteiger charge is 2.44. The molecule has 2 saturated carbocycles. The molecule has 2 aliphatic rings. The first kappa shape index (κ1) is 22.3. The summed E-state index contributed by atoms with van der Waals surface area (Å²) in [5, 5.41) is 18.4. The number of nitrogens with one attached hydrogen (secondary N) is 1. The van der Waals surface area contributed by atoms with Crippen LogP contribution in [0.3, 0.4) is 0 Å². The predicted molar refractivity (Wildman–Crippen MR) is 102 cm³/mol. The van der Waals surface area contributed by atoms with E-state index in [9.17, 15) is 13.2 Å². The molecule has 2 N–H and O–H groups in total. The molecule has 0 radical (unpaired) electrons. The quantitative estimate of drug-likeness (QED) is 0.735. The van der Waals surface area contributed by atoms with E-state index in [1.165, 1.54) is 19.2 Å². The highest BCUT2D eigenvalue weighted by Crippen LogP contribution is 2.35. The first-order valence-corrected chi connectivity index (χ1v) is 10.6. The summed E-state index contributed by atoms with van der Waals surface area (Å²) >= 11 is 6.05. The van der Waals surface area contributed by atoms with Crippen LogP contribution in [0.4, 0.5) is 4.79 Å². The van der Waals surface area contributed by atoms with E-state index in [2.05, 4.69) is 5.32 Å². The summed E-state index contributed by atoms with van der Waals surface area (Å²) in [7, 11) is -0.280. The number of sulfone groups is 1. The number of methoxy groups -OCH3 is 2. The molecule has 154 valence electrons. The van der Waals surface area contributed by atoms with Crippen molar-refractivity contribution in [2.75, 3.05) is 14.2 Å². The maximum atomic E-state index is 12.5. The SMILES string of the molecule is COc1ccc(S(=O)(=O)[C@@H]2CC[C@@H](OC)C2)c(Cl)c1.N#CC1(NC(=O)O)CC1. The molecule has 3 rings (SSSR count). The van der Waals surface area contributed by atoms with Gasteiger partial charge in [0.15, 0.2) is 9.84 Å². The summed E-state index contributed by atoms with van der Waals surface area (Å²) in [6.07, 6.45) is 2.12. The van der Waals surface area contributed by atoms with Gasteiger partial charge in [-0.3, -0.25) is 0 Å². The highest BCUT2D eigenvalue weighted by atomic mass is 35.5. The Balaban J connectivity index is 0.000000261. The minimum Gasteiger partial charge on any atom is -0.497 e. The topological polar surface area (TPSA) is 126 Å². The van der Waals surface area contributed by atoms with Crippen LogP contribution >= 0.6 is 11.6 Å². The summed E-state index contributed by atoms with van der Waals surface area (Å²) in [4.78, 5) is 10.1. The van der Waals surface area contributed by atoms with Crippen molar-refractivity contribution in [3.63, 3.8) is 0 Å². The van der Waals surface area contributed by atoms with E-state index in [1.807, 2.05) is 6.07 Å². The number of benzene rings is 1. The fourth-order valence-electron chi connectivity index (χ4n) is 3.01. The van der Waals surface area contributed by atoms with Gasteiger partial charge < -0.3 is 19.9 Å². The Morgan fingerprint density at radius 2 is 2.04 bits per heavy atom. The van der Waals surface area contributed by atoms with Gasteiger partial charge in [0.2, 0.25) is 0 Å². The van der Waals surface area contributed by atoms with Crippen molar-refractivity contribution in [3.8, 4) is 11.8 Å². The van der Waals surface area contributed by atoms with Crippen LogP contribution in [-0.2, 0) is 14.6 Å². The van der Waals surface area contributed by atoms with Gasteiger partial charge in [-0.2, -0.15) is 5.26 Å². The first-order chi connectivity index (χ1) is 13.2. The van der Waals surface area contributed by atoms with E-state index in [0.717, 1.165) is 6.42 Å². The third kappa shape index (κ3) is 5.28. The first-order valence-electron chi connectivity index (χ1n) is 8.70. The van der Waals surface area contributed by atoms with Crippen LogP contribution in [0.1, 0.15) is 32.1 Å². The summed E-state index contributed by atoms with van der Waals surface area (Å²) in [6.45, 7) is 0. The lowest BCUT2D eigenvalue weighted by atomic mass is 10.3. The number of ether oxygens (including phenoxy) is 2. The molecule has 10 heteroatoms. The molecule has 0 unspecified atom stereocenters. The van der Waals surface area contributed by atoms with E-state index in [1.54, 1.807) is 13.2 Å². The van der Waals surface area contributed by atoms with Gasteiger partial charge in [0.05, 0.1) is 34.5 Å². The van der Waals surface area contributed by atoms with Crippen LogP contribution < -0.4 is 10.1 Å². The van der Waals surface area contributed by atoms with Crippen molar-refractivity contribution in [1.29, 1.82) is 5.26 Å². The Morgan fingerprint density at radius 1 is 1.36 bits per heavy atom. The Labute approximate surface area is 169 Å². The van der Waals surface area contributed by atoms with Crippen LogP contribution in [0.2, 0.25) is 5.02 Å². The van der Waals surface area contributed by atoms with Gasteiger partial charge in [-0.25, -0.2) is 13.2 Å². The number of amides is 1. The van der Waals surface area contributed by atoms with E-state index < -0.39 is 26.7 Å². The molecule has 0 heterocycles. The minimum atomic E-state index is -3.40. The van der Waals surface area contributed by atoms with Gasteiger partial charge in [0.1, 0.15) is 11.3 Å². The van der Waals surface area contributed by atoms with Gasteiger partial charge >= 0.3 is 6.09 Å². The molecule has 2 aliphatic carbocycles. The molecule has 0 bridgehead atoms. The number of halogens is 1. The number of hydrogen-bond donors (Lipinski definition) is 2. The molecular weight excluding hydrogens is 408 g/mol. The number of hydrogen-bond acceptors (Lipinski definition) is 6. The molecule has 1 amide bonds. The zero-order valence-electron chi connectivity index (χ0n) is 15.6. The fraction of sp³-hybridized carbons (Fsp3) is 0.556. The predicted octanol–water partition coefficient (Wildman–Crippen LogP) is 3.00. The third-order valence-electron chi connectivity index (χ3n) is 4.86. The highest BCUT2D eigenvalue weighted by molar-refractivity contribution is 7.92. The van der Waals surface area contributed by atoms with E-state index in [4.69, 9.17) is 31.4 Å². The molecule has 28 heavy (non-hydrogen) atoms. The molecule has 0 aromatic heterocycles. The van der Waals surface area contributed by atoms with Crippen molar-refractivity contribution in [2.45, 2.75) is 53.9 Å². The molecule has 2 atom stereocenters. The molecule has 0 spiro atoms. The monoisotopic (exact) mass is 430 g/mol. The van der Waals surface area contributed by atoms with Gasteiger partial charge in [-0.05, 0) is 44.2 Å². The maximum absolute atomic E-state index is 12.5. The number of carbonyl (C=O) groups is 1. The van der Waals surface area contributed by atoms with Gasteiger partial charge in [-0.15, -0.1) is 0 Å². The summed E-state index contributed by atoms with van der Waals surface area (Å²) in [5.74, 6) is 0.546. The Kier molecular flexibility index (Phi) is 7.15. The van der Waals surface area contributed by atoms with Crippen LogP contribution in [0.5, 0.6) is 5.75 Å². The van der Waals surface area contributed by atoms with Crippen LogP contribution in [0.25, 0.3) is 0 Å². The van der Waals surface area contributed by atoms with Crippen molar-refractivity contribution in [2.24, 2.45) is 0 Å². The van der Waals surface area contributed by atoms with Gasteiger partial charge in [-0.1, -0.05) is 11.6 Å². The lowest BCUT2D eigenvalue weighted by molar-refractivity contribution is 0.109. The fourth-order valence-corrected chi connectivity index (χ4v) is 5.36. The zero-order chi connectivity index (χ0) is 20.9. The normalized spacial score (nSPS) is 22.4. The van der Waals surface area contributed by atoms with E-state index in [0.29, 0.717) is 31.4 Å². The molecule has 0 saturated heterocycles. The second kappa shape index (κ2) is 8.99. The average Bonchev–Trinajstić information content (AvgIpc) is 3.24. The molecule has 1 aromatic rings. The molecular formula is C18H23ClN2O6S. The third-order valence-corrected chi connectivity index (χ3v) is 7.56. The molecule has 0 aliphatic heterocycles. The smallest absolute Gasteiger partial charge is 0.405 e. The lowest BCUT2D eigenvalue weighted by Gasteiger charge is -2.14. The van der Waals surface area contributed by atoms with E-state index in [-0.39, 0.29) is 16.0 Å².